The van der Waals surface area contributed by atoms with E-state index in [0.717, 1.165) is 16.5 Å². The zero-order valence-corrected chi connectivity index (χ0v) is 14.7. The van der Waals surface area contributed by atoms with Crippen molar-refractivity contribution in [2.24, 2.45) is 0 Å². The van der Waals surface area contributed by atoms with Crippen molar-refractivity contribution in [3.63, 3.8) is 0 Å². The molecule has 2 nitrogen and oxygen atoms in total. The lowest BCUT2D eigenvalue weighted by molar-refractivity contribution is 0.220. The Balaban J connectivity index is 2.30. The summed E-state index contributed by atoms with van der Waals surface area (Å²) in [4.78, 5) is 0. The first-order valence-electron chi connectivity index (χ1n) is 7.06. The van der Waals surface area contributed by atoms with Gasteiger partial charge in [-0.15, -0.1) is 0 Å². The van der Waals surface area contributed by atoms with Gasteiger partial charge in [0.1, 0.15) is 18.5 Å². The SMILES string of the molecule is C=CCOc1cc(Cl)c(C(O)c2ccc(CC)cc2)cc1Br. The Bertz CT molecular complexity index is 653. The number of aryl methyl sites for hydroxylation is 1. The molecule has 2 rings (SSSR count). The lowest BCUT2D eigenvalue weighted by atomic mass is 9.99. The summed E-state index contributed by atoms with van der Waals surface area (Å²) in [6.07, 6.45) is 1.86. The van der Waals surface area contributed by atoms with Crippen molar-refractivity contribution in [2.45, 2.75) is 19.4 Å². The number of aliphatic hydroxyl groups excluding tert-OH is 1. The molecule has 0 radical (unpaired) electrons. The van der Waals surface area contributed by atoms with Crippen LogP contribution in [0, 0.1) is 0 Å². The van der Waals surface area contributed by atoms with Gasteiger partial charge in [0.15, 0.2) is 0 Å². The number of halogens is 2. The molecule has 0 amide bonds. The normalized spacial score (nSPS) is 12.0. The molecule has 0 saturated carbocycles. The van der Waals surface area contributed by atoms with Crippen molar-refractivity contribution >= 4 is 27.5 Å². The van der Waals surface area contributed by atoms with Crippen LogP contribution in [0.4, 0.5) is 0 Å². The summed E-state index contributed by atoms with van der Waals surface area (Å²) in [7, 11) is 0. The van der Waals surface area contributed by atoms with Crippen LogP contribution in [-0.2, 0) is 6.42 Å². The van der Waals surface area contributed by atoms with Crippen LogP contribution < -0.4 is 4.74 Å². The average Bonchev–Trinajstić information content (AvgIpc) is 2.54. The Morgan fingerprint density at radius 3 is 2.59 bits per heavy atom. The molecule has 0 fully saturated rings. The first-order valence-corrected chi connectivity index (χ1v) is 8.23. The third-order valence-corrected chi connectivity index (χ3v) is 4.35. The van der Waals surface area contributed by atoms with E-state index in [2.05, 4.69) is 29.4 Å². The van der Waals surface area contributed by atoms with E-state index >= 15 is 0 Å². The van der Waals surface area contributed by atoms with Crippen molar-refractivity contribution in [3.05, 3.63) is 75.2 Å². The van der Waals surface area contributed by atoms with Gasteiger partial charge in [0.25, 0.3) is 0 Å². The van der Waals surface area contributed by atoms with Crippen molar-refractivity contribution in [1.82, 2.24) is 0 Å². The molecule has 0 heterocycles. The molecule has 0 aliphatic rings. The fourth-order valence-electron chi connectivity index (χ4n) is 2.13. The predicted octanol–water partition coefficient (Wildman–Crippen LogP) is 5.31. The van der Waals surface area contributed by atoms with E-state index in [0.29, 0.717) is 22.9 Å². The second-order valence-corrected chi connectivity index (χ2v) is 6.16. The van der Waals surface area contributed by atoms with Gasteiger partial charge in [0.2, 0.25) is 0 Å². The third kappa shape index (κ3) is 3.92. The summed E-state index contributed by atoms with van der Waals surface area (Å²) >= 11 is 9.74. The van der Waals surface area contributed by atoms with Gasteiger partial charge in [-0.3, -0.25) is 0 Å². The van der Waals surface area contributed by atoms with Gasteiger partial charge >= 0.3 is 0 Å². The molecule has 4 heteroatoms. The van der Waals surface area contributed by atoms with Crippen LogP contribution in [0.5, 0.6) is 5.75 Å². The van der Waals surface area contributed by atoms with Crippen molar-refractivity contribution in [2.75, 3.05) is 6.61 Å². The third-order valence-electron chi connectivity index (χ3n) is 3.41. The number of aliphatic hydroxyl groups is 1. The molecule has 0 aromatic heterocycles. The number of ether oxygens (including phenoxy) is 1. The zero-order valence-electron chi connectivity index (χ0n) is 12.4. The minimum absolute atomic E-state index is 0.398. The second kappa shape index (κ2) is 7.82. The van der Waals surface area contributed by atoms with E-state index in [-0.39, 0.29) is 0 Å². The molecule has 22 heavy (non-hydrogen) atoms. The van der Waals surface area contributed by atoms with E-state index < -0.39 is 6.10 Å². The van der Waals surface area contributed by atoms with Crippen molar-refractivity contribution in [3.8, 4) is 5.75 Å². The Hall–Kier alpha value is -1.29. The minimum atomic E-state index is -0.775. The van der Waals surface area contributed by atoms with Crippen LogP contribution in [0.1, 0.15) is 29.7 Å². The summed E-state index contributed by atoms with van der Waals surface area (Å²) in [6, 6.07) is 11.4. The molecule has 0 spiro atoms. The molecular formula is C18H18BrClO2. The summed E-state index contributed by atoms with van der Waals surface area (Å²) in [5.74, 6) is 0.627. The van der Waals surface area contributed by atoms with Gasteiger partial charge in [-0.25, -0.2) is 0 Å². The van der Waals surface area contributed by atoms with Crippen molar-refractivity contribution in [1.29, 1.82) is 0 Å². The Kier molecular flexibility index (Phi) is 6.07. The maximum absolute atomic E-state index is 10.6. The molecule has 0 aliphatic carbocycles. The molecule has 2 aromatic carbocycles. The highest BCUT2D eigenvalue weighted by atomic mass is 79.9. The molecule has 1 N–H and O–H groups in total. The monoisotopic (exact) mass is 380 g/mol. The van der Waals surface area contributed by atoms with E-state index in [4.69, 9.17) is 16.3 Å². The van der Waals surface area contributed by atoms with Crippen LogP contribution in [0.15, 0.2) is 53.5 Å². The van der Waals surface area contributed by atoms with E-state index in [9.17, 15) is 5.11 Å². The van der Waals surface area contributed by atoms with E-state index in [1.165, 1.54) is 5.56 Å². The molecule has 1 unspecified atom stereocenters. The first-order chi connectivity index (χ1) is 10.6. The maximum Gasteiger partial charge on any atom is 0.135 e. The van der Waals surface area contributed by atoms with Gasteiger partial charge in [0, 0.05) is 11.6 Å². The van der Waals surface area contributed by atoms with Crippen LogP contribution in [-0.4, -0.2) is 11.7 Å². The summed E-state index contributed by atoms with van der Waals surface area (Å²) in [5.41, 5.74) is 2.69. The summed E-state index contributed by atoms with van der Waals surface area (Å²) in [6.45, 7) is 6.11. The Morgan fingerprint density at radius 2 is 2.00 bits per heavy atom. The lowest BCUT2D eigenvalue weighted by Crippen LogP contribution is -2.02. The van der Waals surface area contributed by atoms with Gasteiger partial charge in [-0.1, -0.05) is 55.4 Å². The summed E-state index contributed by atoms with van der Waals surface area (Å²) in [5, 5.41) is 11.0. The van der Waals surface area contributed by atoms with Crippen LogP contribution in [0.25, 0.3) is 0 Å². The standard InChI is InChI=1S/C18H18BrClO2/c1-3-9-22-17-11-16(20)14(10-15(17)19)18(21)13-7-5-12(4-2)6-8-13/h3,5-8,10-11,18,21H,1,4,9H2,2H3. The molecule has 116 valence electrons. The van der Waals surface area contributed by atoms with E-state index in [1.807, 2.05) is 24.3 Å². The maximum atomic E-state index is 10.6. The number of hydrogen-bond acceptors (Lipinski definition) is 2. The fraction of sp³-hybridized carbons (Fsp3) is 0.222. The van der Waals surface area contributed by atoms with Gasteiger partial charge < -0.3 is 9.84 Å². The molecular weight excluding hydrogens is 364 g/mol. The van der Waals surface area contributed by atoms with Gasteiger partial charge in [-0.05, 0) is 39.5 Å². The minimum Gasteiger partial charge on any atom is -0.488 e. The van der Waals surface area contributed by atoms with Crippen LogP contribution in [0.2, 0.25) is 5.02 Å². The molecule has 0 bridgehead atoms. The van der Waals surface area contributed by atoms with E-state index in [1.54, 1.807) is 18.2 Å². The molecule has 1 atom stereocenters. The Morgan fingerprint density at radius 1 is 1.32 bits per heavy atom. The van der Waals surface area contributed by atoms with Gasteiger partial charge in [-0.2, -0.15) is 0 Å². The average molecular weight is 382 g/mol. The first kappa shape index (κ1) is 17.1. The molecule has 0 saturated heterocycles. The number of hydrogen-bond donors (Lipinski definition) is 1. The molecule has 2 aromatic rings. The predicted molar refractivity (Wildman–Crippen MR) is 94.7 cm³/mol. The second-order valence-electron chi connectivity index (χ2n) is 4.90. The highest BCUT2D eigenvalue weighted by Gasteiger charge is 2.17. The largest absolute Gasteiger partial charge is 0.488 e. The Labute approximate surface area is 144 Å². The topological polar surface area (TPSA) is 29.5 Å². The quantitative estimate of drug-likeness (QED) is 0.687. The smallest absolute Gasteiger partial charge is 0.135 e. The van der Waals surface area contributed by atoms with Crippen LogP contribution in [0.3, 0.4) is 0 Å². The lowest BCUT2D eigenvalue weighted by Gasteiger charge is -2.16. The highest BCUT2D eigenvalue weighted by molar-refractivity contribution is 9.10. The van der Waals surface area contributed by atoms with Crippen molar-refractivity contribution < 1.29 is 9.84 Å². The fourth-order valence-corrected chi connectivity index (χ4v) is 2.86. The van der Waals surface area contributed by atoms with Gasteiger partial charge in [0.05, 0.1) is 9.50 Å². The molecule has 0 aliphatic heterocycles. The highest BCUT2D eigenvalue weighted by Crippen LogP contribution is 2.36. The number of rotatable bonds is 6. The summed E-state index contributed by atoms with van der Waals surface area (Å²) < 4.78 is 6.25. The van der Waals surface area contributed by atoms with Crippen LogP contribution >= 0.6 is 27.5 Å². The number of benzene rings is 2. The zero-order chi connectivity index (χ0) is 16.1.